The molecule has 5 atom stereocenters. The zero-order valence-electron chi connectivity index (χ0n) is 18.0. The fourth-order valence-corrected chi connectivity index (χ4v) is 5.24. The van der Waals surface area contributed by atoms with Gasteiger partial charge in [-0.2, -0.15) is 0 Å². The molecule has 0 aromatic carbocycles. The van der Waals surface area contributed by atoms with Crippen molar-refractivity contribution in [2.45, 2.75) is 73.3 Å². The Bertz CT molecular complexity index is 767. The van der Waals surface area contributed by atoms with Crippen LogP contribution in [0, 0.1) is 29.1 Å². The molecule has 0 amide bonds. The summed E-state index contributed by atoms with van der Waals surface area (Å²) >= 11 is 0. The van der Waals surface area contributed by atoms with Gasteiger partial charge in [-0.1, -0.05) is 38.0 Å². The van der Waals surface area contributed by atoms with Crippen LogP contribution in [0.5, 0.6) is 0 Å². The molecule has 1 heterocycles. The van der Waals surface area contributed by atoms with Crippen molar-refractivity contribution in [3.8, 4) is 0 Å². The third-order valence-electron chi connectivity index (χ3n) is 7.12. The van der Waals surface area contributed by atoms with E-state index in [1.165, 1.54) is 11.1 Å². The molecule has 0 spiro atoms. The first kappa shape index (κ1) is 21.0. The lowest BCUT2D eigenvalue weighted by Gasteiger charge is -2.33. The molecular formula is C24H34O4. The molecule has 0 radical (unpaired) electrons. The van der Waals surface area contributed by atoms with Crippen LogP contribution in [-0.2, 0) is 14.3 Å². The van der Waals surface area contributed by atoms with E-state index in [4.69, 9.17) is 4.74 Å². The van der Waals surface area contributed by atoms with Crippen LogP contribution in [0.3, 0.4) is 0 Å². The maximum Gasteiger partial charge on any atom is 0.317 e. The van der Waals surface area contributed by atoms with Gasteiger partial charge in [0.15, 0.2) is 5.78 Å². The van der Waals surface area contributed by atoms with E-state index >= 15 is 0 Å². The Morgan fingerprint density at radius 2 is 1.86 bits per heavy atom. The number of aliphatic hydroxyl groups is 1. The molecule has 1 N–H and O–H groups in total. The quantitative estimate of drug-likeness (QED) is 0.550. The predicted molar refractivity (Wildman–Crippen MR) is 109 cm³/mol. The first-order valence-corrected chi connectivity index (χ1v) is 10.6. The third kappa shape index (κ3) is 3.52. The highest BCUT2D eigenvalue weighted by atomic mass is 16.5. The molecule has 154 valence electrons. The van der Waals surface area contributed by atoms with E-state index in [1.807, 2.05) is 13.0 Å². The van der Waals surface area contributed by atoms with Gasteiger partial charge in [0.05, 0.1) is 17.9 Å². The van der Waals surface area contributed by atoms with Crippen molar-refractivity contribution in [2.24, 2.45) is 29.1 Å². The summed E-state index contributed by atoms with van der Waals surface area (Å²) in [6, 6.07) is 0. The molecule has 0 bridgehead atoms. The molecule has 0 saturated carbocycles. The number of carbonyl (C=O) groups excluding carboxylic acids is 2. The van der Waals surface area contributed by atoms with E-state index in [0.717, 1.165) is 31.3 Å². The lowest BCUT2D eigenvalue weighted by atomic mass is 9.69. The number of rotatable bonds is 2. The highest BCUT2D eigenvalue weighted by Crippen LogP contribution is 2.50. The van der Waals surface area contributed by atoms with Gasteiger partial charge in [-0.05, 0) is 69.9 Å². The fourth-order valence-electron chi connectivity index (χ4n) is 5.24. The maximum atomic E-state index is 13.0. The van der Waals surface area contributed by atoms with Crippen LogP contribution >= 0.6 is 0 Å². The summed E-state index contributed by atoms with van der Waals surface area (Å²) in [7, 11) is 0. The molecule has 1 fully saturated rings. The van der Waals surface area contributed by atoms with Crippen LogP contribution in [0.25, 0.3) is 0 Å². The van der Waals surface area contributed by atoms with Crippen LogP contribution in [0.4, 0.5) is 0 Å². The summed E-state index contributed by atoms with van der Waals surface area (Å²) in [5.41, 5.74) is 3.08. The van der Waals surface area contributed by atoms with E-state index in [-0.39, 0.29) is 23.6 Å². The molecule has 5 unspecified atom stereocenters. The second kappa shape index (κ2) is 7.62. The normalized spacial score (nSPS) is 35.1. The number of ether oxygens (including phenoxy) is 1. The average molecular weight is 387 g/mol. The van der Waals surface area contributed by atoms with Crippen molar-refractivity contribution < 1.29 is 19.4 Å². The van der Waals surface area contributed by atoms with E-state index < -0.39 is 17.4 Å². The summed E-state index contributed by atoms with van der Waals surface area (Å²) in [4.78, 5) is 25.4. The van der Waals surface area contributed by atoms with Gasteiger partial charge in [0.2, 0.25) is 0 Å². The molecule has 4 heteroatoms. The Balaban J connectivity index is 2.02. The van der Waals surface area contributed by atoms with Gasteiger partial charge in [-0.3, -0.25) is 9.59 Å². The van der Waals surface area contributed by atoms with E-state index in [1.54, 1.807) is 6.92 Å². The summed E-state index contributed by atoms with van der Waals surface area (Å²) in [5, 5.41) is 10.2. The lowest BCUT2D eigenvalue weighted by Crippen LogP contribution is -2.32. The van der Waals surface area contributed by atoms with Crippen molar-refractivity contribution in [1.29, 1.82) is 0 Å². The van der Waals surface area contributed by atoms with Crippen LogP contribution in [0.15, 0.2) is 34.6 Å². The molecule has 28 heavy (non-hydrogen) atoms. The SMILES string of the molecule is CC1=CC2C(=C(C)CCC3(C)C(=O)C=C(C(C)C)C3CC1)OC(=O)C2C(C)O. The topological polar surface area (TPSA) is 63.6 Å². The Hall–Kier alpha value is -1.68. The van der Waals surface area contributed by atoms with E-state index in [2.05, 4.69) is 33.8 Å². The molecule has 1 saturated heterocycles. The summed E-state index contributed by atoms with van der Waals surface area (Å²) < 4.78 is 5.64. The van der Waals surface area contributed by atoms with Crippen LogP contribution < -0.4 is 0 Å². The minimum absolute atomic E-state index is 0.214. The second-order valence-corrected chi connectivity index (χ2v) is 9.54. The number of aliphatic hydroxyl groups excluding tert-OH is 1. The zero-order valence-corrected chi connectivity index (χ0v) is 18.0. The van der Waals surface area contributed by atoms with Crippen LogP contribution in [0.2, 0.25) is 0 Å². The monoisotopic (exact) mass is 386 g/mol. The lowest BCUT2D eigenvalue weighted by molar-refractivity contribution is -0.142. The largest absolute Gasteiger partial charge is 0.430 e. The number of esters is 1. The van der Waals surface area contributed by atoms with Crippen LogP contribution in [-0.4, -0.2) is 23.0 Å². The van der Waals surface area contributed by atoms with E-state index in [0.29, 0.717) is 11.7 Å². The second-order valence-electron chi connectivity index (χ2n) is 9.54. The molecule has 1 aliphatic heterocycles. The molecule has 0 aromatic heterocycles. The van der Waals surface area contributed by atoms with Crippen molar-refractivity contribution in [3.63, 3.8) is 0 Å². The summed E-state index contributed by atoms with van der Waals surface area (Å²) in [5.74, 6) is 0.429. The molecule has 3 aliphatic rings. The van der Waals surface area contributed by atoms with Crippen molar-refractivity contribution >= 4 is 11.8 Å². The van der Waals surface area contributed by atoms with Gasteiger partial charge in [0.1, 0.15) is 5.76 Å². The minimum Gasteiger partial charge on any atom is -0.430 e. The first-order chi connectivity index (χ1) is 13.1. The van der Waals surface area contributed by atoms with Crippen molar-refractivity contribution in [3.05, 3.63) is 34.6 Å². The number of carbonyl (C=O) groups is 2. The molecule has 4 nitrogen and oxygen atoms in total. The smallest absolute Gasteiger partial charge is 0.317 e. The van der Waals surface area contributed by atoms with Gasteiger partial charge in [0, 0.05) is 5.41 Å². The zero-order chi connectivity index (χ0) is 20.8. The Morgan fingerprint density at radius 3 is 2.46 bits per heavy atom. The minimum atomic E-state index is -0.758. The van der Waals surface area contributed by atoms with Crippen molar-refractivity contribution in [1.82, 2.24) is 0 Å². The summed E-state index contributed by atoms with van der Waals surface area (Å²) in [6.07, 6.45) is 6.53. The molecule has 2 aliphatic carbocycles. The highest BCUT2D eigenvalue weighted by molar-refractivity contribution is 5.98. The molecule has 0 aromatic rings. The highest BCUT2D eigenvalue weighted by Gasteiger charge is 2.48. The number of fused-ring (bicyclic) bond motifs is 2. The predicted octanol–water partition coefficient (Wildman–Crippen LogP) is 4.74. The van der Waals surface area contributed by atoms with Crippen molar-refractivity contribution in [2.75, 3.05) is 0 Å². The van der Waals surface area contributed by atoms with Gasteiger partial charge >= 0.3 is 5.97 Å². The van der Waals surface area contributed by atoms with Gasteiger partial charge in [-0.25, -0.2) is 0 Å². The van der Waals surface area contributed by atoms with Gasteiger partial charge < -0.3 is 9.84 Å². The molecular weight excluding hydrogens is 352 g/mol. The Kier molecular flexibility index (Phi) is 5.73. The number of ketones is 1. The fraction of sp³-hybridized carbons (Fsp3) is 0.667. The summed E-state index contributed by atoms with van der Waals surface area (Å²) in [6.45, 7) is 12.2. The average Bonchev–Trinajstić information content (AvgIpc) is 3.05. The van der Waals surface area contributed by atoms with Gasteiger partial charge in [0.25, 0.3) is 0 Å². The van der Waals surface area contributed by atoms with Gasteiger partial charge in [-0.15, -0.1) is 0 Å². The standard InChI is InChI=1S/C24H34O4/c1-13(2)17-12-20(26)24(6)10-9-15(4)22-18(11-14(3)7-8-19(17)24)21(16(5)25)23(27)28-22/h11-13,16,18-19,21,25H,7-10H2,1-6H3. The number of hydrogen-bond acceptors (Lipinski definition) is 4. The Morgan fingerprint density at radius 1 is 1.18 bits per heavy atom. The Labute approximate surface area is 168 Å². The molecule has 3 rings (SSSR count). The van der Waals surface area contributed by atoms with E-state index in [9.17, 15) is 14.7 Å². The van der Waals surface area contributed by atoms with Crippen LogP contribution in [0.1, 0.15) is 67.2 Å². The maximum absolute atomic E-state index is 13.0. The number of hydrogen-bond donors (Lipinski definition) is 1. The number of allylic oxidation sites excluding steroid dienone is 5. The first-order valence-electron chi connectivity index (χ1n) is 10.6. The third-order valence-corrected chi connectivity index (χ3v) is 7.12.